The summed E-state index contributed by atoms with van der Waals surface area (Å²) in [4.78, 5) is 2.37. The lowest BCUT2D eigenvalue weighted by atomic mass is 9.99. The van der Waals surface area contributed by atoms with E-state index in [1.165, 1.54) is 12.0 Å². The zero-order valence-electron chi connectivity index (χ0n) is 13.6. The number of rotatable bonds is 8. The van der Waals surface area contributed by atoms with Crippen LogP contribution in [0.25, 0.3) is 0 Å². The van der Waals surface area contributed by atoms with Crippen molar-refractivity contribution >= 4 is 0 Å². The molecule has 0 fully saturated rings. The van der Waals surface area contributed by atoms with Crippen molar-refractivity contribution < 1.29 is 4.74 Å². The molecule has 0 bridgehead atoms. The SMILES string of the molecule is CCOc1ccccc1C(CN)N(C)C(C)CC(C)C. The number of benzene rings is 1. The van der Waals surface area contributed by atoms with Crippen molar-refractivity contribution in [3.8, 4) is 5.75 Å². The van der Waals surface area contributed by atoms with E-state index in [1.54, 1.807) is 0 Å². The fraction of sp³-hybridized carbons (Fsp3) is 0.647. The molecule has 20 heavy (non-hydrogen) atoms. The Labute approximate surface area is 124 Å². The Morgan fingerprint density at radius 3 is 2.40 bits per heavy atom. The molecule has 2 unspecified atom stereocenters. The average molecular weight is 278 g/mol. The number of para-hydroxylation sites is 1. The van der Waals surface area contributed by atoms with Gasteiger partial charge in [-0.2, -0.15) is 0 Å². The van der Waals surface area contributed by atoms with Crippen LogP contribution in [0.3, 0.4) is 0 Å². The lowest BCUT2D eigenvalue weighted by Gasteiger charge is -2.34. The monoisotopic (exact) mass is 278 g/mol. The zero-order valence-corrected chi connectivity index (χ0v) is 13.6. The molecule has 0 saturated heterocycles. The van der Waals surface area contributed by atoms with Crippen LogP contribution >= 0.6 is 0 Å². The van der Waals surface area contributed by atoms with Gasteiger partial charge < -0.3 is 10.5 Å². The maximum atomic E-state index is 6.04. The van der Waals surface area contributed by atoms with Crippen LogP contribution in [-0.4, -0.2) is 31.1 Å². The second-order valence-corrected chi connectivity index (χ2v) is 5.87. The van der Waals surface area contributed by atoms with Crippen LogP contribution in [0.5, 0.6) is 5.75 Å². The van der Waals surface area contributed by atoms with E-state index in [1.807, 2.05) is 19.1 Å². The van der Waals surface area contributed by atoms with Crippen molar-refractivity contribution in [1.29, 1.82) is 0 Å². The Balaban J connectivity index is 2.94. The maximum absolute atomic E-state index is 6.04. The first-order valence-corrected chi connectivity index (χ1v) is 7.64. The van der Waals surface area contributed by atoms with Crippen LogP contribution in [0.1, 0.15) is 45.7 Å². The molecule has 0 aliphatic rings. The molecule has 3 nitrogen and oxygen atoms in total. The highest BCUT2D eigenvalue weighted by atomic mass is 16.5. The molecule has 0 radical (unpaired) electrons. The van der Waals surface area contributed by atoms with Crippen LogP contribution in [0.4, 0.5) is 0 Å². The van der Waals surface area contributed by atoms with Gasteiger partial charge in [-0.25, -0.2) is 0 Å². The van der Waals surface area contributed by atoms with Crippen molar-refractivity contribution in [1.82, 2.24) is 4.90 Å². The van der Waals surface area contributed by atoms with Crippen molar-refractivity contribution in [2.45, 2.75) is 46.2 Å². The normalized spacial score (nSPS) is 14.6. The van der Waals surface area contributed by atoms with Gasteiger partial charge in [0.25, 0.3) is 0 Å². The fourth-order valence-electron chi connectivity index (χ4n) is 2.71. The first-order chi connectivity index (χ1) is 9.51. The summed E-state index contributed by atoms with van der Waals surface area (Å²) in [7, 11) is 2.16. The number of hydrogen-bond donors (Lipinski definition) is 1. The number of ether oxygens (including phenoxy) is 1. The molecule has 0 saturated carbocycles. The molecule has 1 aromatic carbocycles. The first kappa shape index (κ1) is 17.0. The molecular formula is C17H30N2O. The number of nitrogens with two attached hydrogens (primary N) is 1. The molecule has 2 N–H and O–H groups in total. The standard InChI is InChI=1S/C17H30N2O/c1-6-20-17-10-8-7-9-15(17)16(12-18)19(5)14(4)11-13(2)3/h7-10,13-14,16H,6,11-12,18H2,1-5H3. The summed E-state index contributed by atoms with van der Waals surface area (Å²) < 4.78 is 5.75. The largest absolute Gasteiger partial charge is 0.494 e. The molecule has 0 aliphatic carbocycles. The molecule has 0 amide bonds. The van der Waals surface area contributed by atoms with Crippen molar-refractivity contribution in [3.63, 3.8) is 0 Å². The van der Waals surface area contributed by atoms with Crippen molar-refractivity contribution in [3.05, 3.63) is 29.8 Å². The molecule has 0 heterocycles. The van der Waals surface area contributed by atoms with E-state index in [2.05, 4.69) is 44.9 Å². The summed E-state index contributed by atoms with van der Waals surface area (Å²) in [6.07, 6.45) is 1.17. The Morgan fingerprint density at radius 1 is 1.20 bits per heavy atom. The van der Waals surface area contributed by atoms with Gasteiger partial charge in [-0.3, -0.25) is 4.90 Å². The van der Waals surface area contributed by atoms with E-state index >= 15 is 0 Å². The van der Waals surface area contributed by atoms with Crippen LogP contribution < -0.4 is 10.5 Å². The Bertz CT molecular complexity index is 392. The molecule has 1 aromatic rings. The lowest BCUT2D eigenvalue weighted by molar-refractivity contribution is 0.165. The second-order valence-electron chi connectivity index (χ2n) is 5.87. The van der Waals surface area contributed by atoms with E-state index in [-0.39, 0.29) is 6.04 Å². The third-order valence-electron chi connectivity index (χ3n) is 3.80. The van der Waals surface area contributed by atoms with Gasteiger partial charge in [0.05, 0.1) is 12.6 Å². The number of nitrogens with zero attached hydrogens (tertiary/aromatic N) is 1. The Kier molecular flexibility index (Phi) is 7.03. The minimum Gasteiger partial charge on any atom is -0.494 e. The smallest absolute Gasteiger partial charge is 0.124 e. The molecule has 2 atom stereocenters. The highest BCUT2D eigenvalue weighted by Gasteiger charge is 2.23. The van der Waals surface area contributed by atoms with Crippen LogP contribution in [0, 0.1) is 5.92 Å². The molecule has 0 spiro atoms. The first-order valence-electron chi connectivity index (χ1n) is 7.64. The molecule has 3 heteroatoms. The number of likely N-dealkylation sites (N-methyl/N-ethyl adjacent to an activating group) is 1. The van der Waals surface area contributed by atoms with E-state index in [0.29, 0.717) is 25.1 Å². The number of hydrogen-bond acceptors (Lipinski definition) is 3. The van der Waals surface area contributed by atoms with E-state index in [9.17, 15) is 0 Å². The van der Waals surface area contributed by atoms with Crippen LogP contribution in [0.2, 0.25) is 0 Å². The van der Waals surface area contributed by atoms with E-state index in [0.717, 1.165) is 5.75 Å². The van der Waals surface area contributed by atoms with Crippen LogP contribution in [0.15, 0.2) is 24.3 Å². The maximum Gasteiger partial charge on any atom is 0.124 e. The molecule has 114 valence electrons. The zero-order chi connectivity index (χ0) is 15.1. The Hall–Kier alpha value is -1.06. The average Bonchev–Trinajstić information content (AvgIpc) is 2.40. The van der Waals surface area contributed by atoms with Crippen molar-refractivity contribution in [2.24, 2.45) is 11.7 Å². The van der Waals surface area contributed by atoms with E-state index < -0.39 is 0 Å². The summed E-state index contributed by atoms with van der Waals surface area (Å²) in [5.74, 6) is 1.64. The lowest BCUT2D eigenvalue weighted by Crippen LogP contribution is -2.37. The molecule has 0 aromatic heterocycles. The van der Waals surface area contributed by atoms with Gasteiger partial charge in [0.1, 0.15) is 5.75 Å². The quantitative estimate of drug-likeness (QED) is 0.791. The van der Waals surface area contributed by atoms with Gasteiger partial charge in [-0.15, -0.1) is 0 Å². The predicted octanol–water partition coefficient (Wildman–Crippen LogP) is 3.45. The summed E-state index contributed by atoms with van der Waals surface area (Å²) >= 11 is 0. The molecule has 0 aliphatic heterocycles. The Morgan fingerprint density at radius 2 is 1.85 bits per heavy atom. The third-order valence-corrected chi connectivity index (χ3v) is 3.80. The van der Waals surface area contributed by atoms with Gasteiger partial charge >= 0.3 is 0 Å². The minimum atomic E-state index is 0.200. The summed E-state index contributed by atoms with van der Waals surface area (Å²) in [6, 6.07) is 8.93. The minimum absolute atomic E-state index is 0.200. The topological polar surface area (TPSA) is 38.5 Å². The fourth-order valence-corrected chi connectivity index (χ4v) is 2.71. The molecular weight excluding hydrogens is 248 g/mol. The van der Waals surface area contributed by atoms with Gasteiger partial charge in [0.15, 0.2) is 0 Å². The second kappa shape index (κ2) is 8.28. The summed E-state index contributed by atoms with van der Waals surface area (Å²) in [6.45, 7) is 10.1. The van der Waals surface area contributed by atoms with Gasteiger partial charge in [0, 0.05) is 18.2 Å². The van der Waals surface area contributed by atoms with Crippen molar-refractivity contribution in [2.75, 3.05) is 20.2 Å². The van der Waals surface area contributed by atoms with Gasteiger partial charge in [0.2, 0.25) is 0 Å². The predicted molar refractivity (Wildman–Crippen MR) is 86.1 cm³/mol. The van der Waals surface area contributed by atoms with Crippen LogP contribution in [-0.2, 0) is 0 Å². The summed E-state index contributed by atoms with van der Waals surface area (Å²) in [5, 5.41) is 0. The summed E-state index contributed by atoms with van der Waals surface area (Å²) in [5.41, 5.74) is 7.23. The van der Waals surface area contributed by atoms with Gasteiger partial charge in [-0.05, 0) is 39.3 Å². The highest BCUT2D eigenvalue weighted by molar-refractivity contribution is 5.36. The highest BCUT2D eigenvalue weighted by Crippen LogP contribution is 2.30. The third kappa shape index (κ3) is 4.50. The molecule has 1 rings (SSSR count). The van der Waals surface area contributed by atoms with Gasteiger partial charge in [-0.1, -0.05) is 32.0 Å². The van der Waals surface area contributed by atoms with E-state index in [4.69, 9.17) is 10.5 Å².